The fraction of sp³-hybridized carbons (Fsp3) is 0.429. The van der Waals surface area contributed by atoms with Crippen LogP contribution in [0.2, 0.25) is 0 Å². The third-order valence-corrected chi connectivity index (χ3v) is 3.47. The van der Waals surface area contributed by atoms with Gasteiger partial charge in [0.15, 0.2) is 0 Å². The molecule has 2 heterocycles. The smallest absolute Gasteiger partial charge is 0.358 e. The van der Waals surface area contributed by atoms with Crippen LogP contribution in [0.1, 0.15) is 23.1 Å². The Bertz CT molecular complexity index is 821. The Hall–Kier alpha value is -3.24. The van der Waals surface area contributed by atoms with E-state index in [4.69, 9.17) is 0 Å². The number of aryl methyl sites for hydroxylation is 2. The average molecular weight is 349 g/mol. The first-order valence-corrected chi connectivity index (χ1v) is 7.50. The van der Waals surface area contributed by atoms with Gasteiger partial charge >= 0.3 is 5.82 Å². The Morgan fingerprint density at radius 1 is 1.36 bits per heavy atom. The molecule has 11 nitrogen and oxygen atoms in total. The minimum Gasteiger partial charge on any atom is -0.358 e. The van der Waals surface area contributed by atoms with Gasteiger partial charge in [-0.1, -0.05) is 0 Å². The number of aromatic nitrogens is 4. The maximum absolute atomic E-state index is 12.3. The molecule has 0 aromatic carbocycles. The summed E-state index contributed by atoms with van der Waals surface area (Å²) in [6.45, 7) is 3.70. The van der Waals surface area contributed by atoms with E-state index in [0.717, 1.165) is 0 Å². The monoisotopic (exact) mass is 349 g/mol. The van der Waals surface area contributed by atoms with E-state index in [-0.39, 0.29) is 29.7 Å². The Labute approximate surface area is 143 Å². The lowest BCUT2D eigenvalue weighted by Gasteiger charge is -2.13. The zero-order chi connectivity index (χ0) is 18.7. The molecule has 0 bridgehead atoms. The Morgan fingerprint density at radius 3 is 2.56 bits per heavy atom. The van der Waals surface area contributed by atoms with Crippen LogP contribution in [0, 0.1) is 17.0 Å². The molecule has 0 aliphatic heterocycles. The van der Waals surface area contributed by atoms with Crippen molar-refractivity contribution < 1.29 is 14.5 Å². The SMILES string of the molecule is CCn1ncc(NC(=O)Cn2nc([N+](=O)[O-])cc2C)c1C(=O)N(C)C. The largest absolute Gasteiger partial charge is 0.390 e. The summed E-state index contributed by atoms with van der Waals surface area (Å²) < 4.78 is 2.72. The Morgan fingerprint density at radius 2 is 2.04 bits per heavy atom. The summed E-state index contributed by atoms with van der Waals surface area (Å²) in [5.41, 5.74) is 1.03. The highest BCUT2D eigenvalue weighted by Crippen LogP contribution is 2.17. The average Bonchev–Trinajstić information content (AvgIpc) is 3.10. The van der Waals surface area contributed by atoms with Crippen LogP contribution in [0.15, 0.2) is 12.3 Å². The number of rotatable bonds is 6. The van der Waals surface area contributed by atoms with Crippen molar-refractivity contribution >= 4 is 23.3 Å². The van der Waals surface area contributed by atoms with E-state index in [0.29, 0.717) is 12.2 Å². The normalized spacial score (nSPS) is 10.6. The van der Waals surface area contributed by atoms with Crippen molar-refractivity contribution in [2.24, 2.45) is 0 Å². The van der Waals surface area contributed by atoms with Gasteiger partial charge in [0.05, 0.1) is 28.7 Å². The Balaban J connectivity index is 2.20. The second-order valence-corrected chi connectivity index (χ2v) is 5.53. The molecule has 1 N–H and O–H groups in total. The van der Waals surface area contributed by atoms with E-state index >= 15 is 0 Å². The second kappa shape index (κ2) is 7.11. The molecule has 0 radical (unpaired) electrons. The number of amides is 2. The van der Waals surface area contributed by atoms with Crippen molar-refractivity contribution in [1.82, 2.24) is 24.5 Å². The predicted octanol–water partition coefficient (Wildman–Crippen LogP) is 0.657. The summed E-state index contributed by atoms with van der Waals surface area (Å²) in [6, 6.07) is 1.28. The zero-order valence-corrected chi connectivity index (χ0v) is 14.4. The van der Waals surface area contributed by atoms with Gasteiger partial charge in [-0.2, -0.15) is 9.78 Å². The molecular weight excluding hydrogens is 330 g/mol. The molecule has 11 heteroatoms. The predicted molar refractivity (Wildman–Crippen MR) is 88.2 cm³/mol. The van der Waals surface area contributed by atoms with Crippen LogP contribution in [0.5, 0.6) is 0 Å². The van der Waals surface area contributed by atoms with Crippen molar-refractivity contribution in [2.75, 3.05) is 19.4 Å². The lowest BCUT2D eigenvalue weighted by molar-refractivity contribution is -0.389. The molecule has 0 spiro atoms. The molecule has 0 fully saturated rings. The van der Waals surface area contributed by atoms with Gasteiger partial charge in [0.2, 0.25) is 5.91 Å². The molecule has 2 amide bonds. The van der Waals surface area contributed by atoms with Crippen LogP contribution in [-0.4, -0.2) is 55.3 Å². The molecule has 2 aromatic heterocycles. The maximum atomic E-state index is 12.3. The number of nitro groups is 1. The lowest BCUT2D eigenvalue weighted by atomic mass is 10.3. The van der Waals surface area contributed by atoms with E-state index in [1.807, 2.05) is 6.92 Å². The van der Waals surface area contributed by atoms with E-state index in [1.165, 1.54) is 26.5 Å². The van der Waals surface area contributed by atoms with Gasteiger partial charge in [0.25, 0.3) is 5.91 Å². The lowest BCUT2D eigenvalue weighted by Crippen LogP contribution is -2.27. The highest BCUT2D eigenvalue weighted by atomic mass is 16.6. The van der Waals surface area contributed by atoms with Crippen LogP contribution >= 0.6 is 0 Å². The van der Waals surface area contributed by atoms with Gasteiger partial charge in [-0.25, -0.2) is 0 Å². The fourth-order valence-corrected chi connectivity index (χ4v) is 2.22. The van der Waals surface area contributed by atoms with Gasteiger partial charge in [-0.3, -0.25) is 14.3 Å². The van der Waals surface area contributed by atoms with Crippen molar-refractivity contribution in [3.8, 4) is 0 Å². The highest BCUT2D eigenvalue weighted by molar-refractivity contribution is 6.02. The standard InChI is InChI=1S/C14H19N7O4/c1-5-19-13(14(23)18(3)4)10(7-15-19)16-12(22)8-20-9(2)6-11(17-20)21(24)25/h6-7H,5,8H2,1-4H3,(H,16,22). The van der Waals surface area contributed by atoms with E-state index < -0.39 is 10.8 Å². The fourth-order valence-electron chi connectivity index (χ4n) is 2.22. The highest BCUT2D eigenvalue weighted by Gasteiger charge is 2.22. The van der Waals surface area contributed by atoms with Crippen molar-refractivity contribution in [3.05, 3.63) is 33.8 Å². The third kappa shape index (κ3) is 3.82. The van der Waals surface area contributed by atoms with Gasteiger partial charge in [-0.05, 0) is 18.8 Å². The number of nitrogens with one attached hydrogen (secondary N) is 1. The minimum atomic E-state index is -0.624. The first-order valence-electron chi connectivity index (χ1n) is 7.50. The van der Waals surface area contributed by atoms with Crippen LogP contribution in [0.3, 0.4) is 0 Å². The summed E-state index contributed by atoms with van der Waals surface area (Å²) in [5.74, 6) is -1.09. The molecule has 0 saturated carbocycles. The number of carbonyl (C=O) groups excluding carboxylic acids is 2. The molecule has 134 valence electrons. The first kappa shape index (κ1) is 18.1. The molecule has 0 unspecified atom stereocenters. The molecule has 0 atom stereocenters. The summed E-state index contributed by atoms with van der Waals surface area (Å²) in [7, 11) is 3.21. The number of hydrogen-bond donors (Lipinski definition) is 1. The molecule has 0 saturated heterocycles. The number of anilines is 1. The van der Waals surface area contributed by atoms with Crippen LogP contribution in [-0.2, 0) is 17.9 Å². The van der Waals surface area contributed by atoms with Gasteiger partial charge < -0.3 is 20.3 Å². The van der Waals surface area contributed by atoms with Crippen molar-refractivity contribution in [3.63, 3.8) is 0 Å². The van der Waals surface area contributed by atoms with Crippen molar-refractivity contribution in [1.29, 1.82) is 0 Å². The van der Waals surface area contributed by atoms with Gasteiger partial charge in [0.1, 0.15) is 12.2 Å². The maximum Gasteiger partial charge on any atom is 0.390 e. The second-order valence-electron chi connectivity index (χ2n) is 5.53. The van der Waals surface area contributed by atoms with Crippen LogP contribution in [0.4, 0.5) is 11.5 Å². The molecule has 25 heavy (non-hydrogen) atoms. The summed E-state index contributed by atoms with van der Waals surface area (Å²) in [6.07, 6.45) is 1.40. The summed E-state index contributed by atoms with van der Waals surface area (Å²) in [5, 5.41) is 21.2. The first-order chi connectivity index (χ1) is 11.7. The zero-order valence-electron chi connectivity index (χ0n) is 14.4. The molecule has 2 rings (SSSR count). The summed E-state index contributed by atoms with van der Waals surface area (Å²) >= 11 is 0. The van der Waals surface area contributed by atoms with Crippen molar-refractivity contribution in [2.45, 2.75) is 26.9 Å². The number of carbonyl (C=O) groups is 2. The molecular formula is C14H19N7O4. The number of hydrogen-bond acceptors (Lipinski definition) is 6. The Kier molecular flexibility index (Phi) is 5.15. The van der Waals surface area contributed by atoms with Gasteiger partial charge in [-0.15, -0.1) is 0 Å². The molecule has 0 aliphatic rings. The van der Waals surface area contributed by atoms with E-state index in [9.17, 15) is 19.7 Å². The summed E-state index contributed by atoms with van der Waals surface area (Å²) in [4.78, 5) is 36.1. The van der Waals surface area contributed by atoms with Crippen LogP contribution in [0.25, 0.3) is 0 Å². The molecule has 0 aliphatic carbocycles. The topological polar surface area (TPSA) is 128 Å². The van der Waals surface area contributed by atoms with E-state index in [1.54, 1.807) is 21.0 Å². The minimum absolute atomic E-state index is 0.216. The van der Waals surface area contributed by atoms with E-state index in [2.05, 4.69) is 15.5 Å². The number of nitrogens with zero attached hydrogens (tertiary/aromatic N) is 6. The third-order valence-electron chi connectivity index (χ3n) is 3.47. The quantitative estimate of drug-likeness (QED) is 0.602. The van der Waals surface area contributed by atoms with Crippen LogP contribution < -0.4 is 5.32 Å². The van der Waals surface area contributed by atoms with Gasteiger partial charge in [0, 0.05) is 20.6 Å². The molecule has 2 aromatic rings.